The normalized spacial score (nSPS) is 19.5. The fraction of sp³-hybridized carbons (Fsp3) is 0.522. The van der Waals surface area contributed by atoms with E-state index in [1.165, 1.54) is 6.42 Å². The van der Waals surface area contributed by atoms with Crippen LogP contribution in [0, 0.1) is 0 Å². The van der Waals surface area contributed by atoms with Gasteiger partial charge in [0.2, 0.25) is 5.91 Å². The summed E-state index contributed by atoms with van der Waals surface area (Å²) in [6.07, 6.45) is 4.17. The number of carbonyl (C=O) groups excluding carboxylic acids is 1. The van der Waals surface area contributed by atoms with E-state index in [2.05, 4.69) is 13.8 Å². The van der Waals surface area contributed by atoms with Crippen molar-refractivity contribution in [2.24, 2.45) is 0 Å². The standard InChI is InChI=1S/C23H29N3O2S/c1-16(22(27)26-12-8-5-9-13-26)29-21-18-15-28-23(2,3)14-19(18)24-20(25-21)17-10-6-4-7-11-17/h4,6-7,10-11,16H,5,8-9,12-15H2,1-3H3/t16-/m1/s1. The number of rotatable bonds is 4. The molecule has 5 nitrogen and oxygen atoms in total. The van der Waals surface area contributed by atoms with Gasteiger partial charge in [-0.05, 0) is 40.0 Å². The predicted octanol–water partition coefficient (Wildman–Crippen LogP) is 4.49. The van der Waals surface area contributed by atoms with Gasteiger partial charge < -0.3 is 9.64 Å². The summed E-state index contributed by atoms with van der Waals surface area (Å²) in [6, 6.07) is 10.1. The van der Waals surface area contributed by atoms with Crippen LogP contribution in [0.4, 0.5) is 0 Å². The number of aromatic nitrogens is 2. The molecule has 1 aromatic carbocycles. The molecule has 0 bridgehead atoms. The molecule has 4 rings (SSSR count). The van der Waals surface area contributed by atoms with E-state index in [0.717, 1.165) is 60.0 Å². The zero-order valence-electron chi connectivity index (χ0n) is 17.5. The van der Waals surface area contributed by atoms with Crippen LogP contribution in [0.25, 0.3) is 11.4 Å². The molecule has 2 aromatic rings. The predicted molar refractivity (Wildman–Crippen MR) is 116 cm³/mol. The fourth-order valence-electron chi connectivity index (χ4n) is 3.92. The summed E-state index contributed by atoms with van der Waals surface area (Å²) in [5.74, 6) is 0.933. The first-order valence-corrected chi connectivity index (χ1v) is 11.4. The lowest BCUT2D eigenvalue weighted by molar-refractivity contribution is -0.131. The van der Waals surface area contributed by atoms with Crippen LogP contribution < -0.4 is 0 Å². The molecule has 2 aliphatic rings. The maximum absolute atomic E-state index is 13.0. The van der Waals surface area contributed by atoms with Gasteiger partial charge >= 0.3 is 0 Å². The number of likely N-dealkylation sites (tertiary alicyclic amines) is 1. The highest BCUT2D eigenvalue weighted by molar-refractivity contribution is 8.00. The maximum Gasteiger partial charge on any atom is 0.235 e. The van der Waals surface area contributed by atoms with Crippen LogP contribution in [-0.2, 0) is 22.6 Å². The summed E-state index contributed by atoms with van der Waals surface area (Å²) in [5.41, 5.74) is 2.82. The van der Waals surface area contributed by atoms with Crippen molar-refractivity contribution in [1.82, 2.24) is 14.9 Å². The molecular formula is C23H29N3O2S. The number of benzene rings is 1. The third-order valence-corrected chi connectivity index (χ3v) is 6.71. The first-order valence-electron chi connectivity index (χ1n) is 10.5. The van der Waals surface area contributed by atoms with Crippen LogP contribution >= 0.6 is 11.8 Å². The molecule has 1 aromatic heterocycles. The molecule has 154 valence electrons. The molecule has 1 fully saturated rings. The Morgan fingerprint density at radius 1 is 1.14 bits per heavy atom. The van der Waals surface area contributed by atoms with E-state index in [1.807, 2.05) is 42.2 Å². The fourth-order valence-corrected chi connectivity index (χ4v) is 4.97. The Morgan fingerprint density at radius 3 is 2.59 bits per heavy atom. The topological polar surface area (TPSA) is 55.3 Å². The smallest absolute Gasteiger partial charge is 0.235 e. The summed E-state index contributed by atoms with van der Waals surface area (Å²) >= 11 is 1.55. The van der Waals surface area contributed by atoms with Crippen LogP contribution in [0.5, 0.6) is 0 Å². The molecule has 0 saturated carbocycles. The molecule has 1 atom stereocenters. The highest BCUT2D eigenvalue weighted by Gasteiger charge is 2.32. The van der Waals surface area contributed by atoms with Crippen LogP contribution in [0.2, 0.25) is 0 Å². The summed E-state index contributed by atoms with van der Waals surface area (Å²) in [4.78, 5) is 24.7. The summed E-state index contributed by atoms with van der Waals surface area (Å²) < 4.78 is 6.05. The van der Waals surface area contributed by atoms with Gasteiger partial charge in [-0.25, -0.2) is 9.97 Å². The molecule has 29 heavy (non-hydrogen) atoms. The van der Waals surface area contributed by atoms with E-state index in [-0.39, 0.29) is 16.8 Å². The monoisotopic (exact) mass is 411 g/mol. The van der Waals surface area contributed by atoms with E-state index in [4.69, 9.17) is 14.7 Å². The third-order valence-electron chi connectivity index (χ3n) is 5.59. The molecule has 0 unspecified atom stereocenters. The van der Waals surface area contributed by atoms with Gasteiger partial charge in [-0.3, -0.25) is 4.79 Å². The van der Waals surface area contributed by atoms with Gasteiger partial charge in [0, 0.05) is 30.6 Å². The van der Waals surface area contributed by atoms with Gasteiger partial charge in [0.15, 0.2) is 5.82 Å². The second kappa shape index (κ2) is 8.44. The SMILES string of the molecule is C[C@@H](Sc1nc(-c2ccccc2)nc2c1COC(C)(C)C2)C(=O)N1CCCCC1. The molecule has 6 heteroatoms. The Morgan fingerprint density at radius 2 is 1.86 bits per heavy atom. The average molecular weight is 412 g/mol. The summed E-state index contributed by atoms with van der Waals surface area (Å²) in [6.45, 7) is 8.41. The lowest BCUT2D eigenvalue weighted by Gasteiger charge is -2.32. The molecule has 2 aliphatic heterocycles. The van der Waals surface area contributed by atoms with E-state index < -0.39 is 0 Å². The van der Waals surface area contributed by atoms with Crippen LogP contribution in [0.3, 0.4) is 0 Å². The highest BCUT2D eigenvalue weighted by Crippen LogP contribution is 2.36. The van der Waals surface area contributed by atoms with Crippen molar-refractivity contribution in [2.45, 2.75) is 68.9 Å². The number of amides is 1. The molecular weight excluding hydrogens is 382 g/mol. The summed E-state index contributed by atoms with van der Waals surface area (Å²) in [5, 5.41) is 0.702. The van der Waals surface area contributed by atoms with Gasteiger partial charge in [0.1, 0.15) is 5.03 Å². The zero-order chi connectivity index (χ0) is 20.4. The number of ether oxygens (including phenoxy) is 1. The zero-order valence-corrected chi connectivity index (χ0v) is 18.3. The van der Waals surface area contributed by atoms with Crippen molar-refractivity contribution in [3.63, 3.8) is 0 Å². The molecule has 0 N–H and O–H groups in total. The first-order chi connectivity index (χ1) is 13.9. The van der Waals surface area contributed by atoms with Crippen LogP contribution in [0.15, 0.2) is 35.4 Å². The Labute approximate surface area is 177 Å². The number of piperidine rings is 1. The summed E-state index contributed by atoms with van der Waals surface area (Å²) in [7, 11) is 0. The second-order valence-electron chi connectivity index (χ2n) is 8.51. The van der Waals surface area contributed by atoms with Crippen molar-refractivity contribution in [3.8, 4) is 11.4 Å². The van der Waals surface area contributed by atoms with Crippen LogP contribution in [-0.4, -0.2) is 44.7 Å². The number of hydrogen-bond donors (Lipinski definition) is 0. The third kappa shape index (κ3) is 4.64. The lowest BCUT2D eigenvalue weighted by Crippen LogP contribution is -2.40. The van der Waals surface area contributed by atoms with Crippen molar-refractivity contribution >= 4 is 17.7 Å². The van der Waals surface area contributed by atoms with Crippen molar-refractivity contribution < 1.29 is 9.53 Å². The Bertz CT molecular complexity index is 879. The molecule has 1 amide bonds. The van der Waals surface area contributed by atoms with Gasteiger partial charge in [0.25, 0.3) is 0 Å². The van der Waals surface area contributed by atoms with Gasteiger partial charge in [-0.2, -0.15) is 0 Å². The van der Waals surface area contributed by atoms with Crippen molar-refractivity contribution in [3.05, 3.63) is 41.6 Å². The maximum atomic E-state index is 13.0. The molecule has 0 spiro atoms. The van der Waals surface area contributed by atoms with Crippen LogP contribution in [0.1, 0.15) is 51.3 Å². The highest BCUT2D eigenvalue weighted by atomic mass is 32.2. The van der Waals surface area contributed by atoms with Gasteiger partial charge in [-0.15, -0.1) is 0 Å². The Kier molecular flexibility index (Phi) is 5.93. The largest absolute Gasteiger partial charge is 0.370 e. The Hall–Kier alpha value is -1.92. The van der Waals surface area contributed by atoms with E-state index in [1.54, 1.807) is 11.8 Å². The molecule has 1 saturated heterocycles. The van der Waals surface area contributed by atoms with E-state index >= 15 is 0 Å². The first kappa shape index (κ1) is 20.4. The number of fused-ring (bicyclic) bond motifs is 1. The minimum absolute atomic E-state index is 0.175. The number of carbonyl (C=O) groups is 1. The lowest BCUT2D eigenvalue weighted by atomic mass is 9.96. The van der Waals surface area contributed by atoms with Crippen molar-refractivity contribution in [1.29, 1.82) is 0 Å². The minimum atomic E-state index is -0.244. The Balaban J connectivity index is 1.65. The quantitative estimate of drug-likeness (QED) is 0.548. The number of hydrogen-bond acceptors (Lipinski definition) is 5. The van der Waals surface area contributed by atoms with Gasteiger partial charge in [0.05, 0.1) is 23.2 Å². The average Bonchev–Trinajstić information content (AvgIpc) is 2.73. The van der Waals surface area contributed by atoms with E-state index in [9.17, 15) is 4.79 Å². The molecule has 0 radical (unpaired) electrons. The van der Waals surface area contributed by atoms with Gasteiger partial charge in [-0.1, -0.05) is 42.1 Å². The second-order valence-corrected chi connectivity index (χ2v) is 9.84. The number of thioether (sulfide) groups is 1. The van der Waals surface area contributed by atoms with E-state index in [0.29, 0.717) is 6.61 Å². The molecule has 3 heterocycles. The van der Waals surface area contributed by atoms with Crippen molar-refractivity contribution in [2.75, 3.05) is 13.1 Å². The minimum Gasteiger partial charge on any atom is -0.370 e. The number of nitrogens with zero attached hydrogens (tertiary/aromatic N) is 3. The molecule has 0 aliphatic carbocycles.